The standard InChI is InChI=1S/C11H13ClN2O/c1-6-2-3-7(12)4-10(6)14-11(15)8-5-9(8)13/h2-4,8-9H,5,13H2,1H3,(H,14,15). The lowest BCUT2D eigenvalue weighted by atomic mass is 10.2. The Labute approximate surface area is 93.6 Å². The number of benzene rings is 1. The average molecular weight is 225 g/mol. The summed E-state index contributed by atoms with van der Waals surface area (Å²) in [7, 11) is 0. The third-order valence-corrected chi connectivity index (χ3v) is 2.87. The van der Waals surface area contributed by atoms with E-state index in [1.54, 1.807) is 12.1 Å². The van der Waals surface area contributed by atoms with Crippen LogP contribution >= 0.6 is 11.6 Å². The van der Waals surface area contributed by atoms with Crippen LogP contribution in [0.3, 0.4) is 0 Å². The Morgan fingerprint density at radius 1 is 1.60 bits per heavy atom. The van der Waals surface area contributed by atoms with Gasteiger partial charge in [0.05, 0.1) is 5.92 Å². The number of nitrogens with two attached hydrogens (primary N) is 1. The van der Waals surface area contributed by atoms with E-state index in [4.69, 9.17) is 17.3 Å². The normalized spacial score (nSPS) is 23.7. The number of carbonyl (C=O) groups is 1. The van der Waals surface area contributed by atoms with Crippen molar-refractivity contribution in [2.75, 3.05) is 5.32 Å². The van der Waals surface area contributed by atoms with Gasteiger partial charge in [-0.1, -0.05) is 17.7 Å². The maximum absolute atomic E-state index is 11.6. The summed E-state index contributed by atoms with van der Waals surface area (Å²) in [6.07, 6.45) is 0.783. The fourth-order valence-electron chi connectivity index (χ4n) is 1.47. The van der Waals surface area contributed by atoms with Crippen LogP contribution in [0.25, 0.3) is 0 Å². The SMILES string of the molecule is Cc1ccc(Cl)cc1NC(=O)C1CC1N. The van der Waals surface area contributed by atoms with Gasteiger partial charge in [-0.2, -0.15) is 0 Å². The summed E-state index contributed by atoms with van der Waals surface area (Å²) in [5.41, 5.74) is 7.37. The van der Waals surface area contributed by atoms with Gasteiger partial charge in [0.1, 0.15) is 0 Å². The lowest BCUT2D eigenvalue weighted by Crippen LogP contribution is -2.19. The van der Waals surface area contributed by atoms with Crippen LogP contribution in [0.2, 0.25) is 5.02 Å². The first-order chi connectivity index (χ1) is 7.08. The lowest BCUT2D eigenvalue weighted by molar-refractivity contribution is -0.117. The number of hydrogen-bond acceptors (Lipinski definition) is 2. The Bertz CT molecular complexity index is 406. The topological polar surface area (TPSA) is 55.1 Å². The summed E-state index contributed by atoms with van der Waals surface area (Å²) in [5, 5.41) is 3.46. The molecule has 0 saturated heterocycles. The number of aryl methyl sites for hydroxylation is 1. The zero-order chi connectivity index (χ0) is 11.0. The van der Waals surface area contributed by atoms with Crippen molar-refractivity contribution in [1.82, 2.24) is 0 Å². The molecule has 0 heterocycles. The van der Waals surface area contributed by atoms with Crippen molar-refractivity contribution in [2.24, 2.45) is 11.7 Å². The molecule has 3 N–H and O–H groups in total. The number of halogens is 1. The fourth-order valence-corrected chi connectivity index (χ4v) is 1.64. The van der Waals surface area contributed by atoms with E-state index in [1.165, 1.54) is 0 Å². The molecule has 1 aromatic rings. The van der Waals surface area contributed by atoms with Gasteiger partial charge in [-0.05, 0) is 31.0 Å². The molecule has 2 atom stereocenters. The number of amides is 1. The largest absolute Gasteiger partial charge is 0.327 e. The molecular weight excluding hydrogens is 212 g/mol. The number of carbonyl (C=O) groups excluding carboxylic acids is 1. The molecule has 80 valence electrons. The van der Waals surface area contributed by atoms with Gasteiger partial charge < -0.3 is 11.1 Å². The molecule has 1 aliphatic rings. The van der Waals surface area contributed by atoms with E-state index in [-0.39, 0.29) is 17.9 Å². The molecule has 0 aliphatic heterocycles. The van der Waals surface area contributed by atoms with Crippen LogP contribution in [-0.2, 0) is 4.79 Å². The van der Waals surface area contributed by atoms with E-state index in [1.807, 2.05) is 13.0 Å². The van der Waals surface area contributed by atoms with Crippen molar-refractivity contribution in [3.63, 3.8) is 0 Å². The second-order valence-electron chi connectivity index (χ2n) is 3.95. The zero-order valence-electron chi connectivity index (χ0n) is 8.46. The average Bonchev–Trinajstić information content (AvgIpc) is 2.89. The smallest absolute Gasteiger partial charge is 0.229 e. The highest BCUT2D eigenvalue weighted by Gasteiger charge is 2.40. The van der Waals surface area contributed by atoms with E-state index >= 15 is 0 Å². The minimum Gasteiger partial charge on any atom is -0.327 e. The second-order valence-corrected chi connectivity index (χ2v) is 4.39. The van der Waals surface area contributed by atoms with Crippen molar-refractivity contribution in [3.8, 4) is 0 Å². The Kier molecular flexibility index (Phi) is 2.67. The highest BCUT2D eigenvalue weighted by molar-refractivity contribution is 6.31. The monoisotopic (exact) mass is 224 g/mol. The van der Waals surface area contributed by atoms with Crippen molar-refractivity contribution >= 4 is 23.2 Å². The van der Waals surface area contributed by atoms with Crippen molar-refractivity contribution < 1.29 is 4.79 Å². The Balaban J connectivity index is 2.10. The minimum atomic E-state index is -0.0246. The molecule has 0 bridgehead atoms. The number of rotatable bonds is 2. The summed E-state index contributed by atoms with van der Waals surface area (Å²) < 4.78 is 0. The second kappa shape index (κ2) is 3.83. The van der Waals surface area contributed by atoms with Crippen LogP contribution in [-0.4, -0.2) is 11.9 Å². The molecule has 4 heteroatoms. The number of nitrogens with one attached hydrogen (secondary N) is 1. The van der Waals surface area contributed by atoms with Crippen LogP contribution in [0.1, 0.15) is 12.0 Å². The van der Waals surface area contributed by atoms with E-state index in [2.05, 4.69) is 5.32 Å². The molecule has 1 aromatic carbocycles. The van der Waals surface area contributed by atoms with Crippen molar-refractivity contribution in [3.05, 3.63) is 28.8 Å². The summed E-state index contributed by atoms with van der Waals surface area (Å²) in [5.74, 6) is -0.0313. The van der Waals surface area contributed by atoms with Gasteiger partial charge in [-0.3, -0.25) is 4.79 Å². The van der Waals surface area contributed by atoms with Gasteiger partial charge in [0.25, 0.3) is 0 Å². The molecule has 0 aromatic heterocycles. The molecular formula is C11H13ClN2O. The molecule has 0 spiro atoms. The van der Waals surface area contributed by atoms with E-state index in [9.17, 15) is 4.79 Å². The van der Waals surface area contributed by atoms with E-state index in [0.29, 0.717) is 5.02 Å². The van der Waals surface area contributed by atoms with Gasteiger partial charge >= 0.3 is 0 Å². The first kappa shape index (κ1) is 10.5. The molecule has 1 amide bonds. The maximum atomic E-state index is 11.6. The molecule has 2 unspecified atom stereocenters. The first-order valence-corrected chi connectivity index (χ1v) is 5.28. The van der Waals surface area contributed by atoms with Gasteiger partial charge in [0.15, 0.2) is 0 Å². The van der Waals surface area contributed by atoms with Crippen LogP contribution in [0.5, 0.6) is 0 Å². The molecule has 15 heavy (non-hydrogen) atoms. The van der Waals surface area contributed by atoms with Crippen LogP contribution in [0.4, 0.5) is 5.69 Å². The maximum Gasteiger partial charge on any atom is 0.229 e. The number of anilines is 1. The molecule has 3 nitrogen and oxygen atoms in total. The molecule has 2 rings (SSSR count). The quantitative estimate of drug-likeness (QED) is 0.807. The third kappa shape index (κ3) is 2.30. The summed E-state index contributed by atoms with van der Waals surface area (Å²) in [6, 6.07) is 5.47. The van der Waals surface area contributed by atoms with E-state index in [0.717, 1.165) is 17.7 Å². The Morgan fingerprint density at radius 2 is 2.27 bits per heavy atom. The third-order valence-electron chi connectivity index (χ3n) is 2.63. The highest BCUT2D eigenvalue weighted by Crippen LogP contribution is 2.30. The lowest BCUT2D eigenvalue weighted by Gasteiger charge is -2.08. The summed E-state index contributed by atoms with van der Waals surface area (Å²) in [6.45, 7) is 1.93. The minimum absolute atomic E-state index is 0.00660. The van der Waals surface area contributed by atoms with Gasteiger partial charge in [-0.25, -0.2) is 0 Å². The first-order valence-electron chi connectivity index (χ1n) is 4.90. The van der Waals surface area contributed by atoms with Crippen molar-refractivity contribution in [2.45, 2.75) is 19.4 Å². The van der Waals surface area contributed by atoms with Crippen LogP contribution in [0, 0.1) is 12.8 Å². The predicted octanol–water partition coefficient (Wildman–Crippen LogP) is 1.93. The van der Waals surface area contributed by atoms with Gasteiger partial charge in [-0.15, -0.1) is 0 Å². The molecule has 0 radical (unpaired) electrons. The van der Waals surface area contributed by atoms with Crippen LogP contribution in [0.15, 0.2) is 18.2 Å². The fraction of sp³-hybridized carbons (Fsp3) is 0.364. The van der Waals surface area contributed by atoms with E-state index < -0.39 is 0 Å². The Morgan fingerprint density at radius 3 is 2.87 bits per heavy atom. The molecule has 1 saturated carbocycles. The van der Waals surface area contributed by atoms with Gasteiger partial charge in [0.2, 0.25) is 5.91 Å². The number of hydrogen-bond donors (Lipinski definition) is 2. The predicted molar refractivity (Wildman–Crippen MR) is 60.9 cm³/mol. The molecule has 1 aliphatic carbocycles. The summed E-state index contributed by atoms with van der Waals surface area (Å²) >= 11 is 5.85. The van der Waals surface area contributed by atoms with Crippen LogP contribution < -0.4 is 11.1 Å². The Hall–Kier alpha value is -1.06. The van der Waals surface area contributed by atoms with Gasteiger partial charge in [0, 0.05) is 16.8 Å². The zero-order valence-corrected chi connectivity index (χ0v) is 9.21. The summed E-state index contributed by atoms with van der Waals surface area (Å²) in [4.78, 5) is 11.6. The highest BCUT2D eigenvalue weighted by atomic mass is 35.5. The van der Waals surface area contributed by atoms with Crippen molar-refractivity contribution in [1.29, 1.82) is 0 Å². The molecule has 1 fully saturated rings.